The second kappa shape index (κ2) is 7.40. The number of hydrogen-bond acceptors (Lipinski definition) is 5. The first-order valence-corrected chi connectivity index (χ1v) is 8.72. The lowest BCUT2D eigenvalue weighted by molar-refractivity contribution is -0.130. The summed E-state index contributed by atoms with van der Waals surface area (Å²) in [5.74, 6) is 0.982. The van der Waals surface area contributed by atoms with E-state index in [0.717, 1.165) is 31.8 Å². The van der Waals surface area contributed by atoms with E-state index in [1.54, 1.807) is 6.33 Å². The fraction of sp³-hybridized carbons (Fsp3) is 0.812. The van der Waals surface area contributed by atoms with Crippen molar-refractivity contribution in [2.45, 2.75) is 64.3 Å². The van der Waals surface area contributed by atoms with E-state index < -0.39 is 0 Å². The molecule has 0 unspecified atom stereocenters. The van der Waals surface area contributed by atoms with Crippen LogP contribution in [0.25, 0.3) is 0 Å². The lowest BCUT2D eigenvalue weighted by atomic mass is 10.1. The number of carbonyl (C=O) groups is 1. The predicted octanol–water partition coefficient (Wildman–Crippen LogP) is 1.12. The summed E-state index contributed by atoms with van der Waals surface area (Å²) in [7, 11) is 0. The van der Waals surface area contributed by atoms with Crippen LogP contribution in [-0.2, 0) is 16.1 Å². The third-order valence-electron chi connectivity index (χ3n) is 5.00. The molecule has 7 heteroatoms. The lowest BCUT2D eigenvalue weighted by Gasteiger charge is -2.36. The molecule has 1 aromatic rings. The zero-order valence-corrected chi connectivity index (χ0v) is 14.1. The number of nitrogens with one attached hydrogen (secondary N) is 1. The maximum atomic E-state index is 12.5. The minimum Gasteiger partial charge on any atom is -0.368 e. The van der Waals surface area contributed by atoms with Gasteiger partial charge >= 0.3 is 0 Å². The highest BCUT2D eigenvalue weighted by Gasteiger charge is 2.31. The molecule has 1 saturated carbocycles. The summed E-state index contributed by atoms with van der Waals surface area (Å²) in [6, 6.07) is 0.227. The Morgan fingerprint density at radius 2 is 2.26 bits per heavy atom. The van der Waals surface area contributed by atoms with Crippen LogP contribution in [0.5, 0.6) is 0 Å². The van der Waals surface area contributed by atoms with Gasteiger partial charge in [-0.05, 0) is 26.7 Å². The Bertz CT molecular complexity index is 526. The van der Waals surface area contributed by atoms with Gasteiger partial charge in [-0.25, -0.2) is 0 Å². The summed E-state index contributed by atoms with van der Waals surface area (Å²) in [5, 5.41) is 11.4. The topological polar surface area (TPSA) is 72.3 Å². The molecule has 0 bridgehead atoms. The highest BCUT2D eigenvalue weighted by molar-refractivity contribution is 5.81. The molecule has 1 N–H and O–H groups in total. The molecule has 0 aromatic carbocycles. The molecule has 1 aliphatic carbocycles. The predicted molar refractivity (Wildman–Crippen MR) is 85.8 cm³/mol. The largest absolute Gasteiger partial charge is 0.368 e. The highest BCUT2D eigenvalue weighted by Crippen LogP contribution is 2.22. The first-order chi connectivity index (χ1) is 11.2. The first kappa shape index (κ1) is 16.4. The van der Waals surface area contributed by atoms with Crippen LogP contribution in [0, 0.1) is 0 Å². The minimum absolute atomic E-state index is 0.118. The molecule has 2 fully saturated rings. The van der Waals surface area contributed by atoms with Gasteiger partial charge < -0.3 is 14.6 Å². The molecule has 1 aliphatic heterocycles. The maximum absolute atomic E-state index is 12.5. The molecule has 1 aromatic heterocycles. The standard InChI is InChI=1S/C16H27N5O2/c1-3-20-11-17-19-15(20)14-10-21(8-9-23-14)12(2)16(22)18-13-6-4-5-7-13/h11-14H,3-10H2,1-2H3,(H,18,22)/t12-,14+/m0/s1. The summed E-state index contributed by atoms with van der Waals surface area (Å²) in [6.07, 6.45) is 6.30. The number of nitrogens with zero attached hydrogens (tertiary/aromatic N) is 4. The van der Waals surface area contributed by atoms with Crippen LogP contribution in [-0.4, -0.2) is 57.4 Å². The average Bonchev–Trinajstić information content (AvgIpc) is 3.25. The van der Waals surface area contributed by atoms with E-state index >= 15 is 0 Å². The van der Waals surface area contributed by atoms with Gasteiger partial charge in [0.15, 0.2) is 5.82 Å². The highest BCUT2D eigenvalue weighted by atomic mass is 16.5. The van der Waals surface area contributed by atoms with E-state index in [1.807, 2.05) is 11.5 Å². The van der Waals surface area contributed by atoms with Crippen molar-refractivity contribution in [3.8, 4) is 0 Å². The lowest BCUT2D eigenvalue weighted by Crippen LogP contribution is -2.52. The van der Waals surface area contributed by atoms with E-state index in [1.165, 1.54) is 12.8 Å². The van der Waals surface area contributed by atoms with Gasteiger partial charge in [0.2, 0.25) is 5.91 Å². The zero-order valence-electron chi connectivity index (χ0n) is 14.1. The van der Waals surface area contributed by atoms with E-state index in [0.29, 0.717) is 19.2 Å². The monoisotopic (exact) mass is 321 g/mol. The van der Waals surface area contributed by atoms with Gasteiger partial charge in [-0.2, -0.15) is 0 Å². The van der Waals surface area contributed by atoms with Gasteiger partial charge in [0.1, 0.15) is 12.4 Å². The Kier molecular flexibility index (Phi) is 5.27. The van der Waals surface area contributed by atoms with Crippen LogP contribution in [0.2, 0.25) is 0 Å². The average molecular weight is 321 g/mol. The maximum Gasteiger partial charge on any atom is 0.237 e. The smallest absolute Gasteiger partial charge is 0.237 e. The minimum atomic E-state index is -0.139. The number of rotatable bonds is 5. The molecule has 2 atom stereocenters. The van der Waals surface area contributed by atoms with Gasteiger partial charge in [0, 0.05) is 25.7 Å². The van der Waals surface area contributed by atoms with Crippen molar-refractivity contribution in [2.24, 2.45) is 0 Å². The fourth-order valence-corrected chi connectivity index (χ4v) is 3.49. The first-order valence-electron chi connectivity index (χ1n) is 8.72. The molecule has 2 aliphatic rings. The number of aromatic nitrogens is 3. The Balaban J connectivity index is 1.60. The molecule has 3 rings (SSSR count). The molecule has 0 spiro atoms. The molecule has 1 amide bonds. The van der Waals surface area contributed by atoms with E-state index in [9.17, 15) is 4.79 Å². The van der Waals surface area contributed by atoms with E-state index in [2.05, 4.69) is 27.3 Å². The van der Waals surface area contributed by atoms with E-state index in [4.69, 9.17) is 4.74 Å². The summed E-state index contributed by atoms with van der Waals surface area (Å²) >= 11 is 0. The number of hydrogen-bond donors (Lipinski definition) is 1. The van der Waals surface area contributed by atoms with Crippen LogP contribution >= 0.6 is 0 Å². The Morgan fingerprint density at radius 3 is 3.00 bits per heavy atom. The van der Waals surface area contributed by atoms with Gasteiger partial charge in [0.05, 0.1) is 12.6 Å². The van der Waals surface area contributed by atoms with Gasteiger partial charge in [-0.15, -0.1) is 10.2 Å². The van der Waals surface area contributed by atoms with Crippen molar-refractivity contribution in [1.82, 2.24) is 25.0 Å². The number of amides is 1. The number of morpholine rings is 1. The SMILES string of the molecule is CCn1cnnc1[C@H]1CN([C@@H](C)C(=O)NC2CCCC2)CCO1. The van der Waals surface area contributed by atoms with Crippen molar-refractivity contribution in [2.75, 3.05) is 19.7 Å². The van der Waals surface area contributed by atoms with Crippen molar-refractivity contribution < 1.29 is 9.53 Å². The van der Waals surface area contributed by atoms with Crippen LogP contribution in [0.1, 0.15) is 51.5 Å². The molecule has 23 heavy (non-hydrogen) atoms. The summed E-state index contributed by atoms with van der Waals surface area (Å²) in [4.78, 5) is 14.7. The van der Waals surface area contributed by atoms with E-state index in [-0.39, 0.29) is 18.1 Å². The van der Waals surface area contributed by atoms with Crippen molar-refractivity contribution in [1.29, 1.82) is 0 Å². The molecule has 0 radical (unpaired) electrons. The molecule has 128 valence electrons. The van der Waals surface area contributed by atoms with Gasteiger partial charge in [0.25, 0.3) is 0 Å². The van der Waals surface area contributed by atoms with Crippen LogP contribution in [0.15, 0.2) is 6.33 Å². The summed E-state index contributed by atoms with van der Waals surface area (Å²) < 4.78 is 7.86. The zero-order chi connectivity index (χ0) is 16.2. The summed E-state index contributed by atoms with van der Waals surface area (Å²) in [5.41, 5.74) is 0. The fourth-order valence-electron chi connectivity index (χ4n) is 3.49. The number of carbonyl (C=O) groups excluding carboxylic acids is 1. The third-order valence-corrected chi connectivity index (χ3v) is 5.00. The number of ether oxygens (including phenoxy) is 1. The Hall–Kier alpha value is -1.47. The van der Waals surface area contributed by atoms with Crippen LogP contribution in [0.4, 0.5) is 0 Å². The van der Waals surface area contributed by atoms with Gasteiger partial charge in [-0.1, -0.05) is 12.8 Å². The molecular formula is C16H27N5O2. The Morgan fingerprint density at radius 1 is 1.48 bits per heavy atom. The third kappa shape index (κ3) is 3.72. The van der Waals surface area contributed by atoms with Crippen LogP contribution in [0.3, 0.4) is 0 Å². The van der Waals surface area contributed by atoms with Crippen molar-refractivity contribution >= 4 is 5.91 Å². The quantitative estimate of drug-likeness (QED) is 0.880. The second-order valence-electron chi connectivity index (χ2n) is 6.50. The van der Waals surface area contributed by atoms with Crippen molar-refractivity contribution in [3.05, 3.63) is 12.2 Å². The molecular weight excluding hydrogens is 294 g/mol. The number of aryl methyl sites for hydroxylation is 1. The second-order valence-corrected chi connectivity index (χ2v) is 6.50. The van der Waals surface area contributed by atoms with Crippen LogP contribution < -0.4 is 5.32 Å². The normalized spacial score (nSPS) is 24.7. The molecule has 7 nitrogen and oxygen atoms in total. The molecule has 2 heterocycles. The van der Waals surface area contributed by atoms with Crippen molar-refractivity contribution in [3.63, 3.8) is 0 Å². The molecule has 1 saturated heterocycles. The summed E-state index contributed by atoms with van der Waals surface area (Å²) in [6.45, 7) is 6.93. The van der Waals surface area contributed by atoms with Gasteiger partial charge in [-0.3, -0.25) is 9.69 Å². The Labute approximate surface area is 137 Å².